The molecule has 106 valence electrons. The molecule has 1 heterocycles. The highest BCUT2D eigenvalue weighted by molar-refractivity contribution is 5.43. The van der Waals surface area contributed by atoms with Gasteiger partial charge in [-0.05, 0) is 51.1 Å². The number of benzene rings is 1. The Labute approximate surface area is 115 Å². The first-order chi connectivity index (χ1) is 9.17. The quantitative estimate of drug-likeness (QED) is 0.885. The van der Waals surface area contributed by atoms with Gasteiger partial charge in [0.1, 0.15) is 11.5 Å². The lowest BCUT2D eigenvalue weighted by atomic mass is 9.98. The van der Waals surface area contributed by atoms with Crippen LogP contribution in [0.25, 0.3) is 0 Å². The smallest absolute Gasteiger partial charge is 0.123 e. The van der Waals surface area contributed by atoms with Crippen LogP contribution in [-0.2, 0) is 0 Å². The number of likely N-dealkylation sites (tertiary alicyclic amines) is 1. The van der Waals surface area contributed by atoms with Crippen molar-refractivity contribution in [2.75, 3.05) is 27.3 Å². The van der Waals surface area contributed by atoms with Crippen molar-refractivity contribution in [3.8, 4) is 11.5 Å². The van der Waals surface area contributed by atoms with Crippen molar-refractivity contribution in [2.24, 2.45) is 5.73 Å². The van der Waals surface area contributed by atoms with Gasteiger partial charge < -0.3 is 15.2 Å². The number of nitrogens with two attached hydrogens (primary N) is 1. The number of hydrogen-bond acceptors (Lipinski definition) is 4. The van der Waals surface area contributed by atoms with Crippen LogP contribution in [0, 0.1) is 0 Å². The number of rotatable bonds is 5. The summed E-state index contributed by atoms with van der Waals surface area (Å²) in [4.78, 5) is 2.45. The molecular formula is C15H24N2O2. The number of methoxy groups -OCH3 is 2. The lowest BCUT2D eigenvalue weighted by Crippen LogP contribution is -2.38. The highest BCUT2D eigenvalue weighted by Gasteiger charge is 2.29. The van der Waals surface area contributed by atoms with Crippen LogP contribution in [0.3, 0.4) is 0 Å². The summed E-state index contributed by atoms with van der Waals surface area (Å²) in [6, 6.07) is 6.17. The van der Waals surface area contributed by atoms with Crippen LogP contribution in [0.5, 0.6) is 11.5 Å². The summed E-state index contributed by atoms with van der Waals surface area (Å²) in [7, 11) is 3.38. The van der Waals surface area contributed by atoms with E-state index >= 15 is 0 Å². The molecule has 0 aliphatic carbocycles. The van der Waals surface area contributed by atoms with Crippen LogP contribution in [0.15, 0.2) is 18.2 Å². The minimum atomic E-state index is 0.0547. The second-order valence-corrected chi connectivity index (χ2v) is 5.15. The van der Waals surface area contributed by atoms with Gasteiger partial charge >= 0.3 is 0 Å². The predicted molar refractivity (Wildman–Crippen MR) is 76.7 cm³/mol. The average molecular weight is 264 g/mol. The van der Waals surface area contributed by atoms with Gasteiger partial charge in [0.2, 0.25) is 0 Å². The second kappa shape index (κ2) is 6.26. The highest BCUT2D eigenvalue weighted by Crippen LogP contribution is 2.35. The Morgan fingerprint density at radius 3 is 2.37 bits per heavy atom. The van der Waals surface area contributed by atoms with Gasteiger partial charge in [-0.1, -0.05) is 0 Å². The fourth-order valence-electron chi connectivity index (χ4n) is 2.90. The van der Waals surface area contributed by atoms with E-state index < -0.39 is 0 Å². The van der Waals surface area contributed by atoms with E-state index in [1.54, 1.807) is 14.2 Å². The van der Waals surface area contributed by atoms with Gasteiger partial charge in [-0.25, -0.2) is 0 Å². The molecule has 4 nitrogen and oxygen atoms in total. The standard InChI is InChI=1S/C15H24N2O2/c1-11(16)15(17-8-4-5-9-17)13-10-12(18-2)6-7-14(13)19-3/h6-7,10-11,15H,4-5,8-9,16H2,1-3H3. The average Bonchev–Trinajstić information content (AvgIpc) is 2.92. The number of nitrogens with zero attached hydrogens (tertiary/aromatic N) is 1. The van der Waals surface area contributed by atoms with E-state index in [2.05, 4.69) is 11.8 Å². The van der Waals surface area contributed by atoms with Crippen molar-refractivity contribution < 1.29 is 9.47 Å². The van der Waals surface area contributed by atoms with E-state index in [1.165, 1.54) is 12.8 Å². The zero-order chi connectivity index (χ0) is 13.8. The van der Waals surface area contributed by atoms with E-state index in [9.17, 15) is 0 Å². The van der Waals surface area contributed by atoms with E-state index in [0.29, 0.717) is 0 Å². The van der Waals surface area contributed by atoms with Crippen LogP contribution in [0.1, 0.15) is 31.4 Å². The van der Waals surface area contributed by atoms with Crippen LogP contribution in [0.4, 0.5) is 0 Å². The molecule has 0 radical (unpaired) electrons. The summed E-state index contributed by atoms with van der Waals surface area (Å²) in [6.45, 7) is 4.26. The molecule has 1 aromatic rings. The fourth-order valence-corrected chi connectivity index (χ4v) is 2.90. The maximum Gasteiger partial charge on any atom is 0.123 e. The van der Waals surface area contributed by atoms with Crippen molar-refractivity contribution in [3.63, 3.8) is 0 Å². The molecule has 1 fully saturated rings. The first-order valence-electron chi connectivity index (χ1n) is 6.89. The molecule has 0 saturated carbocycles. The Bertz CT molecular complexity index is 415. The Morgan fingerprint density at radius 2 is 1.84 bits per heavy atom. The summed E-state index contributed by atoms with van der Waals surface area (Å²) < 4.78 is 10.8. The molecule has 2 unspecified atom stereocenters. The first kappa shape index (κ1) is 14.2. The predicted octanol–water partition coefficient (Wildman–Crippen LogP) is 2.19. The molecule has 0 spiro atoms. The molecule has 2 rings (SSSR count). The van der Waals surface area contributed by atoms with Crippen LogP contribution in [0.2, 0.25) is 0 Å². The summed E-state index contributed by atoms with van der Waals surface area (Å²) in [5.74, 6) is 1.73. The van der Waals surface area contributed by atoms with Gasteiger partial charge in [0.25, 0.3) is 0 Å². The van der Waals surface area contributed by atoms with E-state index in [-0.39, 0.29) is 12.1 Å². The summed E-state index contributed by atoms with van der Waals surface area (Å²) in [6.07, 6.45) is 2.49. The maximum absolute atomic E-state index is 6.23. The Kier molecular flexibility index (Phi) is 4.66. The SMILES string of the molecule is COc1ccc(OC)c(C(C(C)N)N2CCCC2)c1. The summed E-state index contributed by atoms with van der Waals surface area (Å²) in [5.41, 5.74) is 7.35. The Hall–Kier alpha value is -1.26. The van der Waals surface area contributed by atoms with E-state index in [1.807, 2.05) is 18.2 Å². The largest absolute Gasteiger partial charge is 0.497 e. The van der Waals surface area contributed by atoms with Crippen molar-refractivity contribution in [1.29, 1.82) is 0 Å². The molecular weight excluding hydrogens is 240 g/mol. The molecule has 0 aromatic heterocycles. The molecule has 1 aromatic carbocycles. The summed E-state index contributed by atoms with van der Waals surface area (Å²) in [5, 5.41) is 0. The van der Waals surface area contributed by atoms with E-state index in [4.69, 9.17) is 15.2 Å². The second-order valence-electron chi connectivity index (χ2n) is 5.15. The molecule has 0 amide bonds. The van der Waals surface area contributed by atoms with Crippen molar-refractivity contribution in [2.45, 2.75) is 31.8 Å². The zero-order valence-electron chi connectivity index (χ0n) is 12.1. The van der Waals surface area contributed by atoms with E-state index in [0.717, 1.165) is 30.2 Å². The highest BCUT2D eigenvalue weighted by atomic mass is 16.5. The minimum absolute atomic E-state index is 0.0547. The maximum atomic E-state index is 6.23. The molecule has 1 saturated heterocycles. The molecule has 4 heteroatoms. The zero-order valence-corrected chi connectivity index (χ0v) is 12.1. The van der Waals surface area contributed by atoms with Gasteiger partial charge in [0.15, 0.2) is 0 Å². The number of ether oxygens (including phenoxy) is 2. The topological polar surface area (TPSA) is 47.7 Å². The Morgan fingerprint density at radius 1 is 1.16 bits per heavy atom. The van der Waals surface area contributed by atoms with Crippen molar-refractivity contribution in [3.05, 3.63) is 23.8 Å². The van der Waals surface area contributed by atoms with Gasteiger partial charge in [0, 0.05) is 11.6 Å². The third-order valence-electron chi connectivity index (χ3n) is 3.79. The lowest BCUT2D eigenvalue weighted by Gasteiger charge is -2.32. The van der Waals surface area contributed by atoms with Gasteiger partial charge in [-0.3, -0.25) is 4.90 Å². The lowest BCUT2D eigenvalue weighted by molar-refractivity contribution is 0.213. The van der Waals surface area contributed by atoms with Gasteiger partial charge in [-0.2, -0.15) is 0 Å². The molecule has 2 N–H and O–H groups in total. The van der Waals surface area contributed by atoms with Crippen molar-refractivity contribution >= 4 is 0 Å². The van der Waals surface area contributed by atoms with Crippen LogP contribution < -0.4 is 15.2 Å². The normalized spacial score (nSPS) is 19.2. The van der Waals surface area contributed by atoms with Gasteiger partial charge in [0.05, 0.1) is 20.3 Å². The molecule has 1 aliphatic rings. The Balaban J connectivity index is 2.38. The third kappa shape index (κ3) is 3.01. The van der Waals surface area contributed by atoms with Crippen LogP contribution >= 0.6 is 0 Å². The molecule has 2 atom stereocenters. The fraction of sp³-hybridized carbons (Fsp3) is 0.600. The monoisotopic (exact) mass is 264 g/mol. The van der Waals surface area contributed by atoms with Crippen molar-refractivity contribution in [1.82, 2.24) is 4.90 Å². The van der Waals surface area contributed by atoms with Crippen LogP contribution in [-0.4, -0.2) is 38.3 Å². The number of hydrogen-bond donors (Lipinski definition) is 1. The minimum Gasteiger partial charge on any atom is -0.497 e. The molecule has 1 aliphatic heterocycles. The molecule has 19 heavy (non-hydrogen) atoms. The first-order valence-corrected chi connectivity index (χ1v) is 6.89. The molecule has 0 bridgehead atoms. The third-order valence-corrected chi connectivity index (χ3v) is 3.79. The van der Waals surface area contributed by atoms with Gasteiger partial charge in [-0.15, -0.1) is 0 Å². The summed E-state index contributed by atoms with van der Waals surface area (Å²) >= 11 is 0.